The third kappa shape index (κ3) is 3.05. The van der Waals surface area contributed by atoms with Gasteiger partial charge >= 0.3 is 0 Å². The molecule has 2 N–H and O–H groups in total. The minimum absolute atomic E-state index is 0.245. The first-order valence-electron chi connectivity index (χ1n) is 5.83. The van der Waals surface area contributed by atoms with Crippen molar-refractivity contribution in [2.75, 3.05) is 0 Å². The third-order valence-corrected chi connectivity index (χ3v) is 3.20. The van der Waals surface area contributed by atoms with Gasteiger partial charge < -0.3 is 15.0 Å². The quantitative estimate of drug-likeness (QED) is 0.939. The van der Waals surface area contributed by atoms with Crippen LogP contribution in [0, 0.1) is 5.82 Å². The van der Waals surface area contributed by atoms with Gasteiger partial charge in [-0.15, -0.1) is 0 Å². The molecular formula is C13H15ClFN3O. The number of hydrogen-bond donors (Lipinski definition) is 1. The Labute approximate surface area is 116 Å². The van der Waals surface area contributed by atoms with Crippen LogP contribution in [0.3, 0.4) is 0 Å². The van der Waals surface area contributed by atoms with Gasteiger partial charge in [0.15, 0.2) is 0 Å². The van der Waals surface area contributed by atoms with Crippen LogP contribution in [0.2, 0.25) is 5.15 Å². The number of ether oxygens (including phenoxy) is 1. The Hall–Kier alpha value is -1.59. The largest absolute Gasteiger partial charge is 0.485 e. The first kappa shape index (κ1) is 13.8. The number of aromatic nitrogens is 2. The number of halogens is 2. The van der Waals surface area contributed by atoms with Crippen molar-refractivity contribution in [3.8, 4) is 5.75 Å². The molecule has 1 aromatic heterocycles. The fourth-order valence-corrected chi connectivity index (χ4v) is 1.85. The third-order valence-electron chi connectivity index (χ3n) is 2.85. The van der Waals surface area contributed by atoms with Crippen molar-refractivity contribution < 1.29 is 9.13 Å². The molecule has 0 spiro atoms. The summed E-state index contributed by atoms with van der Waals surface area (Å²) in [7, 11) is 1.80. The van der Waals surface area contributed by atoms with Crippen LogP contribution in [0.1, 0.15) is 24.4 Å². The number of nitrogens with zero attached hydrogens (tertiary/aromatic N) is 2. The second-order valence-electron chi connectivity index (χ2n) is 4.32. The summed E-state index contributed by atoms with van der Waals surface area (Å²) in [5, 5.41) is 0.533. The van der Waals surface area contributed by atoms with Crippen LogP contribution in [0.25, 0.3) is 0 Å². The summed E-state index contributed by atoms with van der Waals surface area (Å²) in [5.74, 6) is 0.903. The maximum absolute atomic E-state index is 13.2. The summed E-state index contributed by atoms with van der Waals surface area (Å²) >= 11 is 5.89. The second kappa shape index (κ2) is 5.59. The summed E-state index contributed by atoms with van der Waals surface area (Å²) in [6.45, 7) is 2.02. The number of hydrogen-bond acceptors (Lipinski definition) is 3. The SMILES string of the molecule is CC(N)c1cc(F)ccc1OCc1ncc(Cl)n1C. The molecule has 4 nitrogen and oxygen atoms in total. The first-order chi connectivity index (χ1) is 8.99. The summed E-state index contributed by atoms with van der Waals surface area (Å²) in [6.07, 6.45) is 1.55. The molecule has 0 aliphatic carbocycles. The summed E-state index contributed by atoms with van der Waals surface area (Å²) in [6, 6.07) is 3.98. The van der Waals surface area contributed by atoms with Gasteiger partial charge in [0.1, 0.15) is 29.2 Å². The fraction of sp³-hybridized carbons (Fsp3) is 0.308. The highest BCUT2D eigenvalue weighted by Gasteiger charge is 2.11. The Morgan fingerprint density at radius 3 is 2.84 bits per heavy atom. The average molecular weight is 284 g/mol. The first-order valence-corrected chi connectivity index (χ1v) is 6.20. The standard InChI is InChI=1S/C13H15ClFN3O/c1-8(16)10-5-9(15)3-4-11(10)19-7-13-17-6-12(14)18(13)2/h3-6,8H,7,16H2,1-2H3. The van der Waals surface area contributed by atoms with E-state index in [0.717, 1.165) is 0 Å². The molecule has 2 rings (SSSR count). The van der Waals surface area contributed by atoms with Crippen molar-refractivity contribution in [2.45, 2.75) is 19.6 Å². The molecule has 1 atom stereocenters. The number of rotatable bonds is 4. The van der Waals surface area contributed by atoms with Gasteiger partial charge in [-0.05, 0) is 25.1 Å². The maximum atomic E-state index is 13.2. The minimum atomic E-state index is -0.334. The van der Waals surface area contributed by atoms with E-state index in [0.29, 0.717) is 22.3 Å². The highest BCUT2D eigenvalue weighted by Crippen LogP contribution is 2.25. The molecule has 1 heterocycles. The Morgan fingerprint density at radius 1 is 1.53 bits per heavy atom. The second-order valence-corrected chi connectivity index (χ2v) is 4.70. The van der Waals surface area contributed by atoms with E-state index >= 15 is 0 Å². The van der Waals surface area contributed by atoms with Gasteiger partial charge in [-0.25, -0.2) is 9.37 Å². The van der Waals surface area contributed by atoms with Crippen LogP contribution >= 0.6 is 11.6 Å². The molecule has 0 saturated carbocycles. The highest BCUT2D eigenvalue weighted by molar-refractivity contribution is 6.29. The van der Waals surface area contributed by atoms with Gasteiger partial charge in [0, 0.05) is 18.7 Å². The lowest BCUT2D eigenvalue weighted by atomic mass is 10.1. The molecule has 0 bridgehead atoms. The molecule has 0 aliphatic rings. The van der Waals surface area contributed by atoms with E-state index in [9.17, 15) is 4.39 Å². The van der Waals surface area contributed by atoms with Crippen LogP contribution in [-0.2, 0) is 13.7 Å². The van der Waals surface area contributed by atoms with E-state index in [1.807, 2.05) is 0 Å². The van der Waals surface area contributed by atoms with Gasteiger partial charge in [-0.1, -0.05) is 11.6 Å². The van der Waals surface area contributed by atoms with Crippen molar-refractivity contribution >= 4 is 11.6 Å². The molecule has 1 unspecified atom stereocenters. The summed E-state index contributed by atoms with van der Waals surface area (Å²) < 4.78 is 20.6. The van der Waals surface area contributed by atoms with Gasteiger partial charge in [-0.2, -0.15) is 0 Å². The maximum Gasteiger partial charge on any atom is 0.147 e. The van der Waals surface area contributed by atoms with E-state index < -0.39 is 0 Å². The van der Waals surface area contributed by atoms with Crippen molar-refractivity contribution in [2.24, 2.45) is 12.8 Å². The molecule has 0 aliphatic heterocycles. The van der Waals surface area contributed by atoms with E-state index in [-0.39, 0.29) is 18.5 Å². The zero-order valence-corrected chi connectivity index (χ0v) is 11.5. The normalized spacial score (nSPS) is 12.5. The van der Waals surface area contributed by atoms with E-state index in [4.69, 9.17) is 22.1 Å². The topological polar surface area (TPSA) is 53.1 Å². The van der Waals surface area contributed by atoms with Crippen LogP contribution < -0.4 is 10.5 Å². The van der Waals surface area contributed by atoms with Gasteiger partial charge in [0.25, 0.3) is 0 Å². The predicted octanol–water partition coefficient (Wildman–Crippen LogP) is 2.81. The number of nitrogens with two attached hydrogens (primary N) is 1. The molecule has 102 valence electrons. The van der Waals surface area contributed by atoms with Crippen LogP contribution in [-0.4, -0.2) is 9.55 Å². The summed E-state index contributed by atoms with van der Waals surface area (Å²) in [4.78, 5) is 4.12. The lowest BCUT2D eigenvalue weighted by molar-refractivity contribution is 0.287. The lowest BCUT2D eigenvalue weighted by Gasteiger charge is -2.14. The smallest absolute Gasteiger partial charge is 0.147 e. The highest BCUT2D eigenvalue weighted by atomic mass is 35.5. The molecule has 19 heavy (non-hydrogen) atoms. The Kier molecular flexibility index (Phi) is 4.07. The molecule has 0 saturated heterocycles. The predicted molar refractivity (Wildman–Crippen MR) is 71.6 cm³/mol. The van der Waals surface area contributed by atoms with E-state index in [1.165, 1.54) is 12.1 Å². The van der Waals surface area contributed by atoms with Crippen LogP contribution in [0.4, 0.5) is 4.39 Å². The average Bonchev–Trinajstić information content (AvgIpc) is 2.68. The van der Waals surface area contributed by atoms with Crippen LogP contribution in [0.5, 0.6) is 5.75 Å². The van der Waals surface area contributed by atoms with Crippen LogP contribution in [0.15, 0.2) is 24.4 Å². The lowest BCUT2D eigenvalue weighted by Crippen LogP contribution is -2.10. The molecule has 0 fully saturated rings. The zero-order valence-electron chi connectivity index (χ0n) is 10.7. The molecular weight excluding hydrogens is 269 g/mol. The van der Waals surface area contributed by atoms with E-state index in [2.05, 4.69) is 4.98 Å². The van der Waals surface area contributed by atoms with Gasteiger partial charge in [0.05, 0.1) is 6.20 Å². The Morgan fingerprint density at radius 2 is 2.26 bits per heavy atom. The van der Waals surface area contributed by atoms with Gasteiger partial charge in [0.2, 0.25) is 0 Å². The minimum Gasteiger partial charge on any atom is -0.485 e. The molecule has 0 amide bonds. The molecule has 6 heteroatoms. The van der Waals surface area contributed by atoms with Crippen molar-refractivity contribution in [3.63, 3.8) is 0 Å². The monoisotopic (exact) mass is 283 g/mol. The Bertz CT molecular complexity index is 583. The van der Waals surface area contributed by atoms with Crippen molar-refractivity contribution in [3.05, 3.63) is 46.8 Å². The molecule has 1 aromatic carbocycles. The molecule has 0 radical (unpaired) electrons. The zero-order chi connectivity index (χ0) is 14.0. The summed E-state index contributed by atoms with van der Waals surface area (Å²) in [5.41, 5.74) is 6.42. The van der Waals surface area contributed by atoms with E-state index in [1.54, 1.807) is 30.8 Å². The number of benzene rings is 1. The Balaban J connectivity index is 2.17. The fourth-order valence-electron chi connectivity index (χ4n) is 1.71. The molecule has 2 aromatic rings. The van der Waals surface area contributed by atoms with Gasteiger partial charge in [-0.3, -0.25) is 0 Å². The van der Waals surface area contributed by atoms with Crippen molar-refractivity contribution in [1.82, 2.24) is 9.55 Å². The van der Waals surface area contributed by atoms with Crippen molar-refractivity contribution in [1.29, 1.82) is 0 Å². The number of imidazole rings is 1.